The van der Waals surface area contributed by atoms with E-state index in [0.29, 0.717) is 26.0 Å². The minimum Gasteiger partial charge on any atom is -0.371 e. The zero-order chi connectivity index (χ0) is 17.1. The van der Waals surface area contributed by atoms with Crippen LogP contribution in [0.25, 0.3) is 0 Å². The van der Waals surface area contributed by atoms with Crippen molar-refractivity contribution in [2.45, 2.75) is 38.5 Å². The standard InChI is InChI=1S/C11H17NO4.C4H5NO2/c13-9-16-8-4-2-1-3-7-12-10(14)5-6-11(12)15;6-3-1-2-4(7)5-3/h5-6,13H,1-4,7-9H2;1-2H2,(H,5,6,7). The van der Waals surface area contributed by atoms with E-state index in [-0.39, 0.29) is 30.4 Å². The quantitative estimate of drug-likeness (QED) is 0.365. The highest BCUT2D eigenvalue weighted by atomic mass is 16.6. The molecule has 128 valence electrons. The molecule has 2 aliphatic heterocycles. The van der Waals surface area contributed by atoms with Crippen LogP contribution in [0.5, 0.6) is 0 Å². The first-order valence-electron chi connectivity index (χ1n) is 7.59. The van der Waals surface area contributed by atoms with Gasteiger partial charge < -0.3 is 9.84 Å². The van der Waals surface area contributed by atoms with Gasteiger partial charge in [0.1, 0.15) is 6.79 Å². The first-order chi connectivity index (χ1) is 11.0. The first-order valence-corrected chi connectivity index (χ1v) is 7.59. The van der Waals surface area contributed by atoms with Gasteiger partial charge >= 0.3 is 0 Å². The Hall–Kier alpha value is -2.06. The van der Waals surface area contributed by atoms with Gasteiger partial charge in [-0.15, -0.1) is 0 Å². The van der Waals surface area contributed by atoms with Gasteiger partial charge in [-0.25, -0.2) is 0 Å². The van der Waals surface area contributed by atoms with Crippen molar-refractivity contribution in [2.75, 3.05) is 19.9 Å². The lowest BCUT2D eigenvalue weighted by Crippen LogP contribution is -2.30. The van der Waals surface area contributed by atoms with E-state index in [4.69, 9.17) is 9.84 Å². The number of hydrogen-bond acceptors (Lipinski definition) is 6. The molecule has 0 radical (unpaired) electrons. The topological polar surface area (TPSA) is 113 Å². The molecule has 1 fully saturated rings. The SMILES string of the molecule is O=C1C=CC(=O)N1CCCCCCOCO.O=C1CCC(=O)N1. The van der Waals surface area contributed by atoms with Crippen LogP contribution in [0.2, 0.25) is 0 Å². The number of carbonyl (C=O) groups is 4. The molecule has 0 bridgehead atoms. The summed E-state index contributed by atoms with van der Waals surface area (Å²) < 4.78 is 4.77. The molecule has 0 spiro atoms. The van der Waals surface area contributed by atoms with E-state index in [2.05, 4.69) is 5.32 Å². The van der Waals surface area contributed by atoms with E-state index in [9.17, 15) is 19.2 Å². The Morgan fingerprint density at radius 3 is 2.00 bits per heavy atom. The third kappa shape index (κ3) is 7.66. The normalized spacial score (nSPS) is 16.7. The van der Waals surface area contributed by atoms with Crippen molar-refractivity contribution >= 4 is 23.6 Å². The Morgan fingerprint density at radius 1 is 0.957 bits per heavy atom. The third-order valence-corrected chi connectivity index (χ3v) is 3.27. The molecule has 0 atom stereocenters. The minimum atomic E-state index is -0.234. The van der Waals surface area contributed by atoms with Gasteiger partial charge in [0.05, 0.1) is 0 Å². The number of aliphatic hydroxyl groups is 1. The molecular weight excluding hydrogens is 304 g/mol. The molecule has 1 saturated heterocycles. The van der Waals surface area contributed by atoms with Gasteiger partial charge in [0.15, 0.2) is 0 Å². The molecule has 8 nitrogen and oxygen atoms in total. The van der Waals surface area contributed by atoms with E-state index in [1.54, 1.807) is 0 Å². The molecule has 0 aromatic rings. The Bertz CT molecular complexity index is 443. The number of unbranched alkanes of at least 4 members (excludes halogenated alkanes) is 3. The number of ether oxygens (including phenoxy) is 1. The summed E-state index contributed by atoms with van der Waals surface area (Å²) in [5.74, 6) is -0.725. The second-order valence-electron chi connectivity index (χ2n) is 5.08. The Balaban J connectivity index is 0.000000313. The molecule has 0 aliphatic carbocycles. The molecule has 0 saturated carbocycles. The fourth-order valence-corrected chi connectivity index (χ4v) is 2.05. The first kappa shape index (κ1) is 19.0. The van der Waals surface area contributed by atoms with Crippen molar-refractivity contribution in [3.8, 4) is 0 Å². The fraction of sp³-hybridized carbons (Fsp3) is 0.600. The molecule has 2 aliphatic rings. The predicted octanol–water partition coefficient (Wildman–Crippen LogP) is -0.139. The van der Waals surface area contributed by atoms with Gasteiger partial charge in [-0.1, -0.05) is 12.8 Å². The summed E-state index contributed by atoms with van der Waals surface area (Å²) in [6.45, 7) is 0.813. The number of imide groups is 2. The molecule has 8 heteroatoms. The van der Waals surface area contributed by atoms with Gasteiger partial charge in [0, 0.05) is 38.1 Å². The Kier molecular flexibility index (Phi) is 8.78. The Labute approximate surface area is 134 Å². The van der Waals surface area contributed by atoms with E-state index < -0.39 is 0 Å². The lowest BCUT2D eigenvalue weighted by atomic mass is 10.2. The zero-order valence-corrected chi connectivity index (χ0v) is 13.0. The summed E-state index contributed by atoms with van der Waals surface area (Å²) in [4.78, 5) is 43.8. The van der Waals surface area contributed by atoms with Crippen LogP contribution in [-0.2, 0) is 23.9 Å². The summed E-state index contributed by atoms with van der Waals surface area (Å²) in [6.07, 6.45) is 6.99. The number of nitrogens with zero attached hydrogens (tertiary/aromatic N) is 1. The molecule has 2 rings (SSSR count). The maximum atomic E-state index is 11.2. The molecule has 2 heterocycles. The smallest absolute Gasteiger partial charge is 0.253 e. The van der Waals surface area contributed by atoms with E-state index in [1.807, 2.05) is 0 Å². The van der Waals surface area contributed by atoms with Gasteiger partial charge in [-0.2, -0.15) is 0 Å². The van der Waals surface area contributed by atoms with Crippen molar-refractivity contribution < 1.29 is 29.0 Å². The molecule has 0 unspecified atom stereocenters. The lowest BCUT2D eigenvalue weighted by molar-refractivity contribution is -0.137. The van der Waals surface area contributed by atoms with Crippen molar-refractivity contribution in [3.05, 3.63) is 12.2 Å². The minimum absolute atomic E-state index is 0.148. The number of nitrogens with one attached hydrogen (secondary N) is 1. The number of amides is 4. The monoisotopic (exact) mass is 326 g/mol. The average Bonchev–Trinajstić information content (AvgIpc) is 3.05. The number of aliphatic hydroxyl groups excluding tert-OH is 1. The van der Waals surface area contributed by atoms with Crippen molar-refractivity contribution in [1.29, 1.82) is 0 Å². The second-order valence-corrected chi connectivity index (χ2v) is 5.08. The van der Waals surface area contributed by atoms with E-state index in [1.165, 1.54) is 17.1 Å². The lowest BCUT2D eigenvalue weighted by Gasteiger charge is -2.12. The summed E-state index contributed by atoms with van der Waals surface area (Å²) in [7, 11) is 0. The van der Waals surface area contributed by atoms with Crippen LogP contribution in [0, 0.1) is 0 Å². The summed E-state index contributed by atoms with van der Waals surface area (Å²) in [5.41, 5.74) is 0. The van der Waals surface area contributed by atoms with Crippen molar-refractivity contribution in [3.63, 3.8) is 0 Å². The summed E-state index contributed by atoms with van der Waals surface area (Å²) in [5, 5.41) is 10.5. The highest BCUT2D eigenvalue weighted by Crippen LogP contribution is 2.07. The fourth-order valence-electron chi connectivity index (χ4n) is 2.05. The summed E-state index contributed by atoms with van der Waals surface area (Å²) in [6, 6.07) is 0. The number of hydrogen-bond donors (Lipinski definition) is 2. The largest absolute Gasteiger partial charge is 0.371 e. The van der Waals surface area contributed by atoms with Gasteiger partial charge in [0.25, 0.3) is 11.8 Å². The van der Waals surface area contributed by atoms with Crippen LogP contribution in [0.4, 0.5) is 0 Å². The average molecular weight is 326 g/mol. The van der Waals surface area contributed by atoms with Gasteiger partial charge in [0.2, 0.25) is 11.8 Å². The van der Waals surface area contributed by atoms with Crippen LogP contribution >= 0.6 is 0 Å². The van der Waals surface area contributed by atoms with Crippen LogP contribution in [0.1, 0.15) is 38.5 Å². The molecule has 23 heavy (non-hydrogen) atoms. The zero-order valence-electron chi connectivity index (χ0n) is 13.0. The molecule has 4 amide bonds. The highest BCUT2D eigenvalue weighted by molar-refractivity contribution is 6.12. The highest BCUT2D eigenvalue weighted by Gasteiger charge is 2.22. The Morgan fingerprint density at radius 2 is 1.52 bits per heavy atom. The third-order valence-electron chi connectivity index (χ3n) is 3.27. The molecule has 0 aromatic carbocycles. The van der Waals surface area contributed by atoms with Crippen molar-refractivity contribution in [1.82, 2.24) is 10.2 Å². The predicted molar refractivity (Wildman–Crippen MR) is 79.7 cm³/mol. The van der Waals surface area contributed by atoms with E-state index in [0.717, 1.165) is 25.7 Å². The van der Waals surface area contributed by atoms with Crippen LogP contribution in [0.15, 0.2) is 12.2 Å². The maximum Gasteiger partial charge on any atom is 0.253 e. The van der Waals surface area contributed by atoms with Crippen LogP contribution in [-0.4, -0.2) is 53.6 Å². The summed E-state index contributed by atoms with van der Waals surface area (Å²) >= 11 is 0. The van der Waals surface area contributed by atoms with Crippen molar-refractivity contribution in [2.24, 2.45) is 0 Å². The second kappa shape index (κ2) is 10.6. The number of rotatable bonds is 8. The molecule has 0 aromatic heterocycles. The van der Waals surface area contributed by atoms with Gasteiger partial charge in [-0.05, 0) is 12.8 Å². The van der Waals surface area contributed by atoms with Gasteiger partial charge in [-0.3, -0.25) is 29.4 Å². The molecular formula is C15H22N2O6. The number of carbonyl (C=O) groups excluding carboxylic acids is 4. The maximum absolute atomic E-state index is 11.2. The van der Waals surface area contributed by atoms with Crippen LogP contribution in [0.3, 0.4) is 0 Å². The molecule has 2 N–H and O–H groups in total. The van der Waals surface area contributed by atoms with E-state index >= 15 is 0 Å². The van der Waals surface area contributed by atoms with Crippen LogP contribution < -0.4 is 5.32 Å².